The van der Waals surface area contributed by atoms with E-state index in [1.165, 1.54) is 0 Å². The molecule has 3 nitrogen and oxygen atoms in total. The molecular formula is C15H22BrNO2. The van der Waals surface area contributed by atoms with Gasteiger partial charge >= 0.3 is 0 Å². The van der Waals surface area contributed by atoms with Crippen molar-refractivity contribution in [2.24, 2.45) is 5.41 Å². The maximum atomic E-state index is 12.1. The van der Waals surface area contributed by atoms with Crippen LogP contribution in [0, 0.1) is 12.3 Å². The van der Waals surface area contributed by atoms with Crippen molar-refractivity contribution in [1.29, 1.82) is 0 Å². The van der Waals surface area contributed by atoms with Gasteiger partial charge in [0.25, 0.3) is 5.91 Å². The molecule has 0 heterocycles. The van der Waals surface area contributed by atoms with Crippen LogP contribution in [0.25, 0.3) is 0 Å². The number of hydrogen-bond acceptors (Lipinski definition) is 2. The molecule has 0 radical (unpaired) electrons. The molecule has 0 bridgehead atoms. The molecule has 0 atom stereocenters. The number of hydrogen-bond donors (Lipinski definition) is 2. The quantitative estimate of drug-likeness (QED) is 0.842. The number of aliphatic hydroxyl groups excluding tert-OH is 1. The van der Waals surface area contributed by atoms with Crippen molar-refractivity contribution in [3.05, 3.63) is 33.8 Å². The molecule has 0 aliphatic heterocycles. The molecule has 0 saturated carbocycles. The van der Waals surface area contributed by atoms with Crippen molar-refractivity contribution < 1.29 is 9.90 Å². The van der Waals surface area contributed by atoms with Crippen molar-refractivity contribution in [2.75, 3.05) is 13.2 Å². The number of aliphatic hydroxyl groups is 1. The van der Waals surface area contributed by atoms with Gasteiger partial charge in [-0.1, -0.05) is 19.9 Å². The highest BCUT2D eigenvalue weighted by atomic mass is 79.9. The number of amides is 1. The normalized spacial score (nSPS) is 11.4. The van der Waals surface area contributed by atoms with Gasteiger partial charge in [0.15, 0.2) is 0 Å². The minimum atomic E-state index is -0.215. The lowest BCUT2D eigenvalue weighted by Gasteiger charge is -2.29. The fourth-order valence-corrected chi connectivity index (χ4v) is 2.62. The Morgan fingerprint density at radius 1 is 1.37 bits per heavy atom. The predicted octanol–water partition coefficient (Wildman–Crippen LogP) is 3.29. The van der Waals surface area contributed by atoms with Crippen LogP contribution in [0.15, 0.2) is 22.7 Å². The minimum Gasteiger partial charge on any atom is -0.396 e. The monoisotopic (exact) mass is 327 g/mol. The van der Waals surface area contributed by atoms with Gasteiger partial charge < -0.3 is 10.4 Å². The van der Waals surface area contributed by atoms with Crippen LogP contribution >= 0.6 is 15.9 Å². The molecule has 19 heavy (non-hydrogen) atoms. The summed E-state index contributed by atoms with van der Waals surface area (Å²) in [4.78, 5) is 12.1. The van der Waals surface area contributed by atoms with Gasteiger partial charge in [-0.25, -0.2) is 0 Å². The van der Waals surface area contributed by atoms with Crippen LogP contribution in [0.5, 0.6) is 0 Å². The molecule has 0 unspecified atom stereocenters. The van der Waals surface area contributed by atoms with Gasteiger partial charge in [0.1, 0.15) is 0 Å². The Morgan fingerprint density at radius 3 is 2.47 bits per heavy atom. The van der Waals surface area contributed by atoms with Gasteiger partial charge in [-0.05, 0) is 53.4 Å². The van der Waals surface area contributed by atoms with E-state index in [1.54, 1.807) is 0 Å². The second-order valence-electron chi connectivity index (χ2n) is 5.03. The lowest BCUT2D eigenvalue weighted by Crippen LogP contribution is -2.39. The third kappa shape index (κ3) is 4.05. The van der Waals surface area contributed by atoms with Crippen LogP contribution < -0.4 is 5.32 Å². The molecule has 4 heteroatoms. The summed E-state index contributed by atoms with van der Waals surface area (Å²) in [5, 5.41) is 12.4. The van der Waals surface area contributed by atoms with E-state index >= 15 is 0 Å². The largest absolute Gasteiger partial charge is 0.396 e. The number of halogens is 1. The summed E-state index contributed by atoms with van der Waals surface area (Å²) in [5.74, 6) is -0.105. The zero-order chi connectivity index (χ0) is 14.5. The number of carbonyl (C=O) groups excluding carboxylic acids is 1. The first-order chi connectivity index (χ1) is 8.98. The van der Waals surface area contributed by atoms with Gasteiger partial charge in [0.05, 0.1) is 12.2 Å². The van der Waals surface area contributed by atoms with Crippen LogP contribution in [0.4, 0.5) is 0 Å². The van der Waals surface area contributed by atoms with E-state index in [9.17, 15) is 9.90 Å². The van der Waals surface area contributed by atoms with Gasteiger partial charge in [-0.3, -0.25) is 4.79 Å². The molecule has 0 aliphatic carbocycles. The Morgan fingerprint density at radius 2 is 2.00 bits per heavy atom. The van der Waals surface area contributed by atoms with E-state index in [2.05, 4.69) is 21.2 Å². The molecule has 1 amide bonds. The zero-order valence-electron chi connectivity index (χ0n) is 11.8. The number of rotatable bonds is 6. The van der Waals surface area contributed by atoms with Gasteiger partial charge in [0, 0.05) is 16.4 Å². The Hall–Kier alpha value is -0.870. The minimum absolute atomic E-state index is 0.0926. The lowest BCUT2D eigenvalue weighted by atomic mass is 9.83. The number of carbonyl (C=O) groups is 1. The molecule has 2 N–H and O–H groups in total. The molecule has 0 fully saturated rings. The van der Waals surface area contributed by atoms with Crippen LogP contribution in [0.2, 0.25) is 0 Å². The van der Waals surface area contributed by atoms with Crippen LogP contribution in [-0.4, -0.2) is 24.2 Å². The molecule has 1 aromatic rings. The van der Waals surface area contributed by atoms with E-state index in [4.69, 9.17) is 0 Å². The third-order valence-corrected chi connectivity index (χ3v) is 4.48. The Labute approximate surface area is 123 Å². The van der Waals surface area contributed by atoms with E-state index in [-0.39, 0.29) is 17.9 Å². The van der Waals surface area contributed by atoms with Gasteiger partial charge in [0.2, 0.25) is 0 Å². The van der Waals surface area contributed by atoms with E-state index in [1.807, 2.05) is 39.0 Å². The fourth-order valence-electron chi connectivity index (χ4n) is 1.95. The Balaban J connectivity index is 2.75. The Bertz CT molecular complexity index is 434. The first-order valence-corrected chi connectivity index (χ1v) is 7.42. The molecule has 1 aromatic carbocycles. The van der Waals surface area contributed by atoms with Crippen molar-refractivity contribution in [3.63, 3.8) is 0 Å². The summed E-state index contributed by atoms with van der Waals surface area (Å²) >= 11 is 3.41. The molecule has 106 valence electrons. The predicted molar refractivity (Wildman–Crippen MR) is 81.3 cm³/mol. The first-order valence-electron chi connectivity index (χ1n) is 6.63. The first kappa shape index (κ1) is 16.2. The summed E-state index contributed by atoms with van der Waals surface area (Å²) in [5.41, 5.74) is 1.52. The van der Waals surface area contributed by atoms with E-state index in [0.717, 1.165) is 22.9 Å². The second-order valence-corrected chi connectivity index (χ2v) is 5.89. The molecule has 0 spiro atoms. The summed E-state index contributed by atoms with van der Waals surface area (Å²) in [6.45, 7) is 6.64. The summed E-state index contributed by atoms with van der Waals surface area (Å²) in [6.07, 6.45) is 1.69. The van der Waals surface area contributed by atoms with E-state index < -0.39 is 0 Å². The van der Waals surface area contributed by atoms with Crippen molar-refractivity contribution >= 4 is 21.8 Å². The number of aryl methyl sites for hydroxylation is 1. The summed E-state index contributed by atoms with van der Waals surface area (Å²) < 4.78 is 0.799. The van der Waals surface area contributed by atoms with E-state index in [0.29, 0.717) is 12.1 Å². The Kier molecular flexibility index (Phi) is 6.01. The van der Waals surface area contributed by atoms with Crippen molar-refractivity contribution in [1.82, 2.24) is 5.32 Å². The molecule has 0 saturated heterocycles. The molecule has 1 rings (SSSR count). The third-order valence-electron chi connectivity index (χ3n) is 3.83. The highest BCUT2D eigenvalue weighted by molar-refractivity contribution is 9.10. The smallest absolute Gasteiger partial charge is 0.252 e. The highest BCUT2D eigenvalue weighted by Crippen LogP contribution is 2.25. The van der Waals surface area contributed by atoms with Crippen molar-refractivity contribution in [2.45, 2.75) is 33.6 Å². The molecule has 0 aliphatic rings. The summed E-state index contributed by atoms with van der Waals surface area (Å²) in [7, 11) is 0. The van der Waals surface area contributed by atoms with Gasteiger partial charge in [-0.2, -0.15) is 0 Å². The molecule has 0 aromatic heterocycles. The fraction of sp³-hybridized carbons (Fsp3) is 0.533. The maximum absolute atomic E-state index is 12.1. The summed E-state index contributed by atoms with van der Waals surface area (Å²) in [6, 6.07) is 5.65. The standard InChI is InChI=1S/C15H22BrNO2/c1-4-15(5-2,10-18)9-17-14(19)12-7-6-11(3)8-13(12)16/h6-8,18H,4-5,9-10H2,1-3H3,(H,17,19). The number of benzene rings is 1. The SMILES string of the molecule is CCC(CC)(CO)CNC(=O)c1ccc(C)cc1Br. The van der Waals surface area contributed by atoms with Crippen LogP contribution in [-0.2, 0) is 0 Å². The average molecular weight is 328 g/mol. The van der Waals surface area contributed by atoms with Gasteiger partial charge in [-0.15, -0.1) is 0 Å². The number of nitrogens with one attached hydrogen (secondary N) is 1. The lowest BCUT2D eigenvalue weighted by molar-refractivity contribution is 0.0850. The maximum Gasteiger partial charge on any atom is 0.252 e. The van der Waals surface area contributed by atoms with Crippen molar-refractivity contribution in [3.8, 4) is 0 Å². The van der Waals surface area contributed by atoms with Crippen LogP contribution in [0.1, 0.15) is 42.6 Å². The molecular weight excluding hydrogens is 306 g/mol. The van der Waals surface area contributed by atoms with Crippen LogP contribution in [0.3, 0.4) is 0 Å². The zero-order valence-corrected chi connectivity index (χ0v) is 13.4. The highest BCUT2D eigenvalue weighted by Gasteiger charge is 2.26. The topological polar surface area (TPSA) is 49.3 Å². The second kappa shape index (κ2) is 7.06. The average Bonchev–Trinajstić information content (AvgIpc) is 2.40.